The first-order chi connectivity index (χ1) is 8.67. The number of hydrogen-bond acceptors (Lipinski definition) is 2. The van der Waals surface area contributed by atoms with Crippen molar-refractivity contribution in [3.63, 3.8) is 0 Å². The van der Waals surface area contributed by atoms with Gasteiger partial charge < -0.3 is 10.4 Å². The van der Waals surface area contributed by atoms with Crippen LogP contribution >= 0.6 is 11.6 Å². The van der Waals surface area contributed by atoms with E-state index in [9.17, 15) is 0 Å². The van der Waals surface area contributed by atoms with Crippen molar-refractivity contribution in [2.45, 2.75) is 39.2 Å². The van der Waals surface area contributed by atoms with Crippen LogP contribution in [-0.4, -0.2) is 18.3 Å². The smallest absolute Gasteiger partial charge is 0.0434 e. The van der Waals surface area contributed by atoms with Gasteiger partial charge in [-0.05, 0) is 49.9 Å². The molecule has 0 aliphatic carbocycles. The largest absolute Gasteiger partial charge is 0.396 e. The van der Waals surface area contributed by atoms with Gasteiger partial charge in [0.15, 0.2) is 0 Å². The maximum absolute atomic E-state index is 9.04. The van der Waals surface area contributed by atoms with Crippen LogP contribution in [0.15, 0.2) is 24.3 Å². The summed E-state index contributed by atoms with van der Waals surface area (Å²) in [6, 6.07) is 8.25. The third kappa shape index (κ3) is 5.38. The van der Waals surface area contributed by atoms with Crippen molar-refractivity contribution in [1.29, 1.82) is 0 Å². The van der Waals surface area contributed by atoms with Gasteiger partial charge in [-0.25, -0.2) is 0 Å². The molecule has 0 fully saturated rings. The second-order valence-electron chi connectivity index (χ2n) is 4.85. The standard InChI is InChI=1S/C15H24ClNO/c1-3-5-13(8-9-18)11-17-12(2)14-6-4-7-15(16)10-14/h4,6-7,10,12-13,17-18H,3,5,8-9,11H2,1-2H3. The minimum Gasteiger partial charge on any atom is -0.396 e. The molecule has 0 radical (unpaired) electrons. The quantitative estimate of drug-likeness (QED) is 0.753. The van der Waals surface area contributed by atoms with Gasteiger partial charge in [-0.1, -0.05) is 37.1 Å². The molecule has 1 rings (SSSR count). The van der Waals surface area contributed by atoms with Gasteiger partial charge in [0.25, 0.3) is 0 Å². The van der Waals surface area contributed by atoms with Crippen LogP contribution in [0.2, 0.25) is 5.02 Å². The predicted molar refractivity (Wildman–Crippen MR) is 78.0 cm³/mol. The maximum Gasteiger partial charge on any atom is 0.0434 e. The van der Waals surface area contributed by atoms with Gasteiger partial charge in [-0.15, -0.1) is 0 Å². The van der Waals surface area contributed by atoms with Crippen molar-refractivity contribution in [3.05, 3.63) is 34.9 Å². The number of rotatable bonds is 8. The molecule has 0 bridgehead atoms. The first-order valence-corrected chi connectivity index (χ1v) is 7.14. The van der Waals surface area contributed by atoms with Crippen LogP contribution in [0, 0.1) is 5.92 Å². The highest BCUT2D eigenvalue weighted by Crippen LogP contribution is 2.18. The van der Waals surface area contributed by atoms with Gasteiger partial charge in [-0.3, -0.25) is 0 Å². The highest BCUT2D eigenvalue weighted by molar-refractivity contribution is 6.30. The van der Waals surface area contributed by atoms with Crippen LogP contribution in [0.3, 0.4) is 0 Å². The summed E-state index contributed by atoms with van der Waals surface area (Å²) in [5.41, 5.74) is 1.21. The molecule has 0 saturated carbocycles. The Kier molecular flexibility index (Phi) is 7.33. The van der Waals surface area contributed by atoms with E-state index in [1.807, 2.05) is 18.2 Å². The Balaban J connectivity index is 2.46. The summed E-state index contributed by atoms with van der Waals surface area (Å²) in [5.74, 6) is 0.557. The molecular formula is C15H24ClNO. The van der Waals surface area contributed by atoms with E-state index in [0.717, 1.165) is 30.8 Å². The van der Waals surface area contributed by atoms with E-state index in [0.29, 0.717) is 12.0 Å². The molecule has 2 N–H and O–H groups in total. The normalized spacial score (nSPS) is 14.4. The Labute approximate surface area is 115 Å². The van der Waals surface area contributed by atoms with Crippen LogP contribution in [0.25, 0.3) is 0 Å². The topological polar surface area (TPSA) is 32.3 Å². The summed E-state index contributed by atoms with van der Waals surface area (Å²) in [6.45, 7) is 5.55. The second-order valence-corrected chi connectivity index (χ2v) is 5.29. The monoisotopic (exact) mass is 269 g/mol. The molecule has 2 atom stereocenters. The predicted octanol–water partition coefficient (Wildman–Crippen LogP) is 3.79. The first-order valence-electron chi connectivity index (χ1n) is 6.77. The zero-order valence-electron chi connectivity index (χ0n) is 11.3. The van der Waals surface area contributed by atoms with Crippen LogP contribution in [-0.2, 0) is 0 Å². The highest BCUT2D eigenvalue weighted by Gasteiger charge is 2.10. The number of aliphatic hydroxyl groups excluding tert-OH is 1. The number of benzene rings is 1. The third-order valence-corrected chi connectivity index (χ3v) is 3.53. The molecule has 0 aliphatic rings. The molecule has 3 heteroatoms. The highest BCUT2D eigenvalue weighted by atomic mass is 35.5. The molecule has 0 amide bonds. The number of hydrogen-bond donors (Lipinski definition) is 2. The molecular weight excluding hydrogens is 246 g/mol. The van der Waals surface area contributed by atoms with E-state index in [-0.39, 0.29) is 6.61 Å². The summed E-state index contributed by atoms with van der Waals surface area (Å²) in [7, 11) is 0. The van der Waals surface area contributed by atoms with Gasteiger partial charge in [-0.2, -0.15) is 0 Å². The summed E-state index contributed by atoms with van der Waals surface area (Å²) >= 11 is 5.99. The summed E-state index contributed by atoms with van der Waals surface area (Å²) < 4.78 is 0. The molecule has 1 aromatic rings. The fourth-order valence-corrected chi connectivity index (χ4v) is 2.38. The Bertz CT molecular complexity index is 337. The summed E-state index contributed by atoms with van der Waals surface area (Å²) in [4.78, 5) is 0. The Morgan fingerprint density at radius 1 is 1.33 bits per heavy atom. The zero-order chi connectivity index (χ0) is 13.4. The number of halogens is 1. The van der Waals surface area contributed by atoms with Crippen molar-refractivity contribution in [2.24, 2.45) is 5.92 Å². The van der Waals surface area contributed by atoms with Crippen molar-refractivity contribution in [1.82, 2.24) is 5.32 Å². The van der Waals surface area contributed by atoms with Crippen molar-refractivity contribution in [2.75, 3.05) is 13.2 Å². The Morgan fingerprint density at radius 3 is 2.72 bits per heavy atom. The van der Waals surface area contributed by atoms with Crippen LogP contribution < -0.4 is 5.32 Å². The van der Waals surface area contributed by atoms with Gasteiger partial charge >= 0.3 is 0 Å². The maximum atomic E-state index is 9.04. The van der Waals surface area contributed by atoms with Gasteiger partial charge in [0, 0.05) is 17.7 Å². The fraction of sp³-hybridized carbons (Fsp3) is 0.600. The molecule has 1 aromatic carbocycles. The SMILES string of the molecule is CCCC(CCO)CNC(C)c1cccc(Cl)c1. The Hall–Kier alpha value is -0.570. The lowest BCUT2D eigenvalue weighted by molar-refractivity contribution is 0.246. The molecule has 102 valence electrons. The van der Waals surface area contributed by atoms with Crippen LogP contribution in [0.4, 0.5) is 0 Å². The fourth-order valence-electron chi connectivity index (χ4n) is 2.18. The van der Waals surface area contributed by atoms with Crippen LogP contribution in [0.5, 0.6) is 0 Å². The Morgan fingerprint density at radius 2 is 2.11 bits per heavy atom. The number of nitrogens with one attached hydrogen (secondary N) is 1. The lowest BCUT2D eigenvalue weighted by Crippen LogP contribution is -2.26. The molecule has 0 heterocycles. The third-order valence-electron chi connectivity index (χ3n) is 3.30. The van der Waals surface area contributed by atoms with E-state index < -0.39 is 0 Å². The average Bonchev–Trinajstić information content (AvgIpc) is 2.36. The lowest BCUT2D eigenvalue weighted by atomic mass is 9.99. The van der Waals surface area contributed by atoms with E-state index in [1.54, 1.807) is 0 Å². The molecule has 18 heavy (non-hydrogen) atoms. The number of aliphatic hydroxyl groups is 1. The van der Waals surface area contributed by atoms with Crippen molar-refractivity contribution in [3.8, 4) is 0 Å². The minimum atomic E-state index is 0.276. The van der Waals surface area contributed by atoms with Gasteiger partial charge in [0.1, 0.15) is 0 Å². The zero-order valence-corrected chi connectivity index (χ0v) is 12.1. The molecule has 2 nitrogen and oxygen atoms in total. The van der Waals surface area contributed by atoms with Crippen molar-refractivity contribution >= 4 is 11.6 Å². The van der Waals surface area contributed by atoms with E-state index in [4.69, 9.17) is 16.7 Å². The van der Waals surface area contributed by atoms with E-state index >= 15 is 0 Å². The second kappa shape index (κ2) is 8.52. The molecule has 0 aromatic heterocycles. The van der Waals surface area contributed by atoms with Gasteiger partial charge in [0.2, 0.25) is 0 Å². The van der Waals surface area contributed by atoms with Crippen LogP contribution in [0.1, 0.15) is 44.7 Å². The molecule has 2 unspecified atom stereocenters. The van der Waals surface area contributed by atoms with Crippen molar-refractivity contribution < 1.29 is 5.11 Å². The van der Waals surface area contributed by atoms with E-state index in [1.165, 1.54) is 5.56 Å². The summed E-state index contributed by atoms with van der Waals surface area (Å²) in [5, 5.41) is 13.3. The lowest BCUT2D eigenvalue weighted by Gasteiger charge is -2.20. The molecule has 0 spiro atoms. The first kappa shape index (κ1) is 15.5. The summed E-state index contributed by atoms with van der Waals surface area (Å²) in [6.07, 6.45) is 3.21. The molecule has 0 saturated heterocycles. The van der Waals surface area contributed by atoms with Gasteiger partial charge in [0.05, 0.1) is 0 Å². The minimum absolute atomic E-state index is 0.276. The average molecular weight is 270 g/mol. The van der Waals surface area contributed by atoms with E-state index in [2.05, 4.69) is 25.2 Å². The molecule has 0 aliphatic heterocycles.